The fourth-order valence-electron chi connectivity index (χ4n) is 4.79. The molecule has 0 amide bonds. The number of aromatic amines is 1. The second kappa shape index (κ2) is 10.8. The SMILES string of the molecule is O=c1[nH]c(=O)n([C@H]2C[C@H](O)[C@@H](CO)O2)cc1-c1ccc(-c2cc(-c3ccccn3)nc(-c3ccccn3)c2)cc1. The third kappa shape index (κ3) is 4.98. The Labute approximate surface area is 228 Å². The number of benzene rings is 1. The molecular formula is C30H25N5O5. The highest BCUT2D eigenvalue weighted by Gasteiger charge is 2.35. The molecule has 0 bridgehead atoms. The number of hydrogen-bond donors (Lipinski definition) is 3. The van der Waals surface area contributed by atoms with Gasteiger partial charge in [0, 0.05) is 25.0 Å². The predicted molar refractivity (Wildman–Crippen MR) is 148 cm³/mol. The van der Waals surface area contributed by atoms with Crippen molar-refractivity contribution in [2.75, 3.05) is 6.61 Å². The van der Waals surface area contributed by atoms with Gasteiger partial charge in [0.1, 0.15) is 12.3 Å². The zero-order valence-electron chi connectivity index (χ0n) is 21.2. The molecule has 0 spiro atoms. The van der Waals surface area contributed by atoms with E-state index >= 15 is 0 Å². The Hall–Kier alpha value is -4.77. The molecule has 0 saturated carbocycles. The number of nitrogens with zero attached hydrogens (tertiary/aromatic N) is 4. The van der Waals surface area contributed by atoms with Crippen molar-refractivity contribution in [3.63, 3.8) is 0 Å². The molecule has 5 heterocycles. The Balaban J connectivity index is 1.38. The average Bonchev–Trinajstić information content (AvgIpc) is 3.38. The number of rotatable bonds is 6. The molecule has 1 fully saturated rings. The smallest absolute Gasteiger partial charge is 0.330 e. The molecule has 3 N–H and O–H groups in total. The van der Waals surface area contributed by atoms with Gasteiger partial charge in [0.15, 0.2) is 0 Å². The number of ether oxygens (including phenoxy) is 1. The van der Waals surface area contributed by atoms with Gasteiger partial charge >= 0.3 is 5.69 Å². The molecule has 1 saturated heterocycles. The first kappa shape index (κ1) is 25.5. The van der Waals surface area contributed by atoms with Crippen molar-refractivity contribution in [3.8, 4) is 45.0 Å². The van der Waals surface area contributed by atoms with Crippen molar-refractivity contribution in [2.45, 2.75) is 24.9 Å². The van der Waals surface area contributed by atoms with Crippen LogP contribution >= 0.6 is 0 Å². The van der Waals surface area contributed by atoms with Crippen LogP contribution in [0.2, 0.25) is 0 Å². The Morgan fingerprint density at radius 2 is 1.48 bits per heavy atom. The van der Waals surface area contributed by atoms with Crippen LogP contribution in [0.1, 0.15) is 12.6 Å². The van der Waals surface area contributed by atoms with E-state index in [9.17, 15) is 19.8 Å². The van der Waals surface area contributed by atoms with Gasteiger partial charge in [-0.25, -0.2) is 9.78 Å². The number of pyridine rings is 3. The maximum atomic E-state index is 12.7. The second-order valence-corrected chi connectivity index (χ2v) is 9.46. The van der Waals surface area contributed by atoms with Gasteiger partial charge in [0.05, 0.1) is 41.1 Å². The van der Waals surface area contributed by atoms with E-state index in [1.807, 2.05) is 60.7 Å². The first-order chi connectivity index (χ1) is 19.5. The van der Waals surface area contributed by atoms with Gasteiger partial charge < -0.3 is 14.9 Å². The van der Waals surface area contributed by atoms with Gasteiger partial charge in [-0.05, 0) is 53.1 Å². The Bertz CT molecular complexity index is 1700. The summed E-state index contributed by atoms with van der Waals surface area (Å²) in [6.45, 7) is -0.372. The van der Waals surface area contributed by atoms with E-state index in [0.717, 1.165) is 22.5 Å². The summed E-state index contributed by atoms with van der Waals surface area (Å²) < 4.78 is 6.86. The Kier molecular flexibility index (Phi) is 6.87. The van der Waals surface area contributed by atoms with Gasteiger partial charge in [-0.15, -0.1) is 0 Å². The first-order valence-electron chi connectivity index (χ1n) is 12.8. The molecule has 10 nitrogen and oxygen atoms in total. The minimum Gasteiger partial charge on any atom is -0.394 e. The molecule has 1 aromatic carbocycles. The van der Waals surface area contributed by atoms with Crippen LogP contribution in [0.5, 0.6) is 0 Å². The standard InChI is InChI=1S/C30H25N5O5/c36-17-27-26(37)15-28(40-27)35-16-21(29(38)34-30(35)39)19-9-7-18(8-10-19)20-13-24(22-5-1-3-11-31-22)33-25(14-20)23-6-2-4-12-32-23/h1-14,16,26-28,36-37H,15,17H2,(H,34,38,39)/t26-,27+,28+/m0/s1. The lowest BCUT2D eigenvalue weighted by atomic mass is 10.00. The van der Waals surface area contributed by atoms with Crippen LogP contribution < -0.4 is 11.2 Å². The molecule has 0 unspecified atom stereocenters. The lowest BCUT2D eigenvalue weighted by molar-refractivity contribution is -0.0458. The summed E-state index contributed by atoms with van der Waals surface area (Å²) >= 11 is 0. The maximum Gasteiger partial charge on any atom is 0.330 e. The number of hydrogen-bond acceptors (Lipinski definition) is 8. The highest BCUT2D eigenvalue weighted by molar-refractivity contribution is 5.76. The van der Waals surface area contributed by atoms with E-state index in [2.05, 4.69) is 15.0 Å². The highest BCUT2D eigenvalue weighted by atomic mass is 16.5. The van der Waals surface area contributed by atoms with Crippen molar-refractivity contribution in [1.82, 2.24) is 24.5 Å². The van der Waals surface area contributed by atoms with Gasteiger partial charge in [-0.1, -0.05) is 36.4 Å². The van der Waals surface area contributed by atoms with E-state index in [1.165, 1.54) is 10.8 Å². The average molecular weight is 536 g/mol. The minimum absolute atomic E-state index is 0.120. The Morgan fingerprint density at radius 1 is 0.850 bits per heavy atom. The van der Waals surface area contributed by atoms with E-state index in [4.69, 9.17) is 9.72 Å². The fourth-order valence-corrected chi connectivity index (χ4v) is 4.79. The van der Waals surface area contributed by atoms with Gasteiger partial charge in [0.25, 0.3) is 5.56 Å². The normalized spacial score (nSPS) is 18.6. The Morgan fingerprint density at radius 3 is 2.02 bits per heavy atom. The molecule has 200 valence electrons. The number of aromatic nitrogens is 5. The van der Waals surface area contributed by atoms with Gasteiger partial charge in [-0.2, -0.15) is 0 Å². The van der Waals surface area contributed by atoms with Crippen LogP contribution in [0.15, 0.2) is 101 Å². The van der Waals surface area contributed by atoms with Crippen molar-refractivity contribution >= 4 is 0 Å². The van der Waals surface area contributed by atoms with E-state index in [0.29, 0.717) is 17.0 Å². The van der Waals surface area contributed by atoms with Crippen LogP contribution in [0.25, 0.3) is 45.0 Å². The van der Waals surface area contributed by atoms with Gasteiger partial charge in [-0.3, -0.25) is 24.3 Å². The minimum atomic E-state index is -0.913. The summed E-state index contributed by atoms with van der Waals surface area (Å²) in [5.41, 5.74) is 4.33. The van der Waals surface area contributed by atoms with Crippen LogP contribution in [-0.2, 0) is 4.74 Å². The van der Waals surface area contributed by atoms with Crippen LogP contribution in [0.3, 0.4) is 0 Å². The molecule has 0 aliphatic carbocycles. The molecule has 5 aromatic rings. The molecule has 6 rings (SSSR count). The number of nitrogens with one attached hydrogen (secondary N) is 1. The largest absolute Gasteiger partial charge is 0.394 e. The number of aliphatic hydroxyl groups is 2. The van der Waals surface area contributed by atoms with Crippen LogP contribution in [0.4, 0.5) is 0 Å². The molecule has 1 aliphatic heterocycles. The van der Waals surface area contributed by atoms with Crippen molar-refractivity contribution in [3.05, 3.63) is 112 Å². The maximum absolute atomic E-state index is 12.7. The van der Waals surface area contributed by atoms with Crippen molar-refractivity contribution in [2.24, 2.45) is 0 Å². The van der Waals surface area contributed by atoms with Gasteiger partial charge in [0.2, 0.25) is 0 Å². The molecule has 3 atom stereocenters. The van der Waals surface area contributed by atoms with Crippen molar-refractivity contribution < 1.29 is 14.9 Å². The van der Waals surface area contributed by atoms with Crippen molar-refractivity contribution in [1.29, 1.82) is 0 Å². The lowest BCUT2D eigenvalue weighted by Gasteiger charge is -2.15. The third-order valence-corrected chi connectivity index (χ3v) is 6.87. The third-order valence-electron chi connectivity index (χ3n) is 6.87. The zero-order valence-corrected chi connectivity index (χ0v) is 21.2. The fraction of sp³-hybridized carbons (Fsp3) is 0.167. The highest BCUT2D eigenvalue weighted by Crippen LogP contribution is 2.31. The molecule has 40 heavy (non-hydrogen) atoms. The van der Waals surface area contributed by atoms with E-state index in [-0.39, 0.29) is 18.6 Å². The van der Waals surface area contributed by atoms with E-state index in [1.54, 1.807) is 24.5 Å². The summed E-state index contributed by atoms with van der Waals surface area (Å²) in [5.74, 6) is 0. The topological polar surface area (TPSA) is 143 Å². The van der Waals surface area contributed by atoms with Crippen LogP contribution in [0, 0.1) is 0 Å². The quantitative estimate of drug-likeness (QED) is 0.301. The lowest BCUT2D eigenvalue weighted by Crippen LogP contribution is -2.33. The first-order valence-corrected chi connectivity index (χ1v) is 12.8. The molecule has 10 heteroatoms. The predicted octanol–water partition coefficient (Wildman–Crippen LogP) is 3.03. The molecule has 4 aromatic heterocycles. The summed E-state index contributed by atoms with van der Waals surface area (Å²) in [6, 6.07) is 22.6. The summed E-state index contributed by atoms with van der Waals surface area (Å²) in [4.78, 5) is 41.3. The summed E-state index contributed by atoms with van der Waals surface area (Å²) in [7, 11) is 0. The molecule has 1 aliphatic rings. The number of aliphatic hydroxyl groups excluding tert-OH is 2. The molecular weight excluding hydrogens is 510 g/mol. The molecule has 0 radical (unpaired) electrons. The zero-order chi connectivity index (χ0) is 27.6. The second-order valence-electron chi connectivity index (χ2n) is 9.46. The summed E-state index contributed by atoms with van der Waals surface area (Å²) in [6.07, 6.45) is 2.48. The van der Waals surface area contributed by atoms with E-state index < -0.39 is 29.7 Å². The number of H-pyrrole nitrogens is 1. The monoisotopic (exact) mass is 535 g/mol. The summed E-state index contributed by atoms with van der Waals surface area (Å²) in [5, 5.41) is 19.5. The van der Waals surface area contributed by atoms with Crippen LogP contribution in [-0.4, -0.2) is 53.5 Å².